The van der Waals surface area contributed by atoms with Gasteiger partial charge in [0.2, 0.25) is 0 Å². The van der Waals surface area contributed by atoms with E-state index >= 15 is 0 Å². The number of rotatable bonds is 7. The van der Waals surface area contributed by atoms with Crippen molar-refractivity contribution in [1.82, 2.24) is 5.32 Å². The molecule has 0 heterocycles. The minimum Gasteiger partial charge on any atom is -0.383 e. The summed E-state index contributed by atoms with van der Waals surface area (Å²) in [6.45, 7) is 4.70. The van der Waals surface area contributed by atoms with E-state index in [-0.39, 0.29) is 22.7 Å². The van der Waals surface area contributed by atoms with Crippen molar-refractivity contribution in [3.63, 3.8) is 0 Å². The largest absolute Gasteiger partial charge is 0.383 e. The van der Waals surface area contributed by atoms with E-state index in [0.29, 0.717) is 6.61 Å². The molecule has 0 amide bonds. The van der Waals surface area contributed by atoms with E-state index in [0.717, 1.165) is 12.0 Å². The Morgan fingerprint density at radius 1 is 1.50 bits per heavy atom. The highest BCUT2D eigenvalue weighted by Gasteiger charge is 2.15. The third kappa shape index (κ3) is 4.09. The van der Waals surface area contributed by atoms with Crippen LogP contribution in [0.5, 0.6) is 0 Å². The molecule has 5 nitrogen and oxygen atoms in total. The van der Waals surface area contributed by atoms with Gasteiger partial charge in [-0.15, -0.1) is 0 Å². The Labute approximate surface area is 107 Å². The first kappa shape index (κ1) is 14.6. The number of methoxy groups -OCH3 is 1. The predicted octanol–water partition coefficient (Wildman–Crippen LogP) is 2.67. The number of benzene rings is 1. The lowest BCUT2D eigenvalue weighted by atomic mass is 10.0. The smallest absolute Gasteiger partial charge is 0.269 e. The van der Waals surface area contributed by atoms with Gasteiger partial charge >= 0.3 is 0 Å². The number of hydrogen-bond donors (Lipinski definition) is 1. The minimum absolute atomic E-state index is 0.107. The van der Waals surface area contributed by atoms with Crippen molar-refractivity contribution in [2.45, 2.75) is 32.4 Å². The van der Waals surface area contributed by atoms with Crippen LogP contribution in [0, 0.1) is 10.1 Å². The summed E-state index contributed by atoms with van der Waals surface area (Å²) in [5.41, 5.74) is 1.07. The molecule has 1 aromatic rings. The van der Waals surface area contributed by atoms with Crippen LogP contribution < -0.4 is 5.32 Å². The summed E-state index contributed by atoms with van der Waals surface area (Å²) in [4.78, 5) is 10.4. The molecule has 5 heteroatoms. The Morgan fingerprint density at radius 3 is 2.78 bits per heavy atom. The van der Waals surface area contributed by atoms with Crippen LogP contribution in [0.25, 0.3) is 0 Å². The van der Waals surface area contributed by atoms with Gasteiger partial charge in [0, 0.05) is 31.3 Å². The van der Waals surface area contributed by atoms with E-state index in [9.17, 15) is 10.1 Å². The second kappa shape index (κ2) is 7.08. The van der Waals surface area contributed by atoms with Crippen molar-refractivity contribution in [2.75, 3.05) is 13.7 Å². The van der Waals surface area contributed by atoms with Gasteiger partial charge in [0.25, 0.3) is 5.69 Å². The summed E-state index contributed by atoms with van der Waals surface area (Å²) in [5, 5.41) is 14.2. The summed E-state index contributed by atoms with van der Waals surface area (Å²) >= 11 is 0. The molecule has 18 heavy (non-hydrogen) atoms. The standard InChI is InChI=1S/C13H20N2O3/c1-4-13(14-10(2)9-18-3)11-6-5-7-12(8-11)15(16)17/h5-8,10,13-14H,4,9H2,1-3H3. The molecule has 0 aliphatic heterocycles. The summed E-state index contributed by atoms with van der Waals surface area (Å²) < 4.78 is 5.08. The second-order valence-corrected chi connectivity index (χ2v) is 4.34. The van der Waals surface area contributed by atoms with Crippen LogP contribution in [0.1, 0.15) is 31.9 Å². The lowest BCUT2D eigenvalue weighted by molar-refractivity contribution is -0.384. The lowest BCUT2D eigenvalue weighted by Crippen LogP contribution is -2.33. The number of nitro benzene ring substituents is 1. The Hall–Kier alpha value is -1.46. The van der Waals surface area contributed by atoms with Crippen molar-refractivity contribution in [1.29, 1.82) is 0 Å². The molecular formula is C13H20N2O3. The molecule has 1 N–H and O–H groups in total. The minimum atomic E-state index is -0.366. The number of nitrogens with zero attached hydrogens (tertiary/aromatic N) is 1. The third-order valence-electron chi connectivity index (χ3n) is 2.79. The van der Waals surface area contributed by atoms with Crippen LogP contribution in [0.4, 0.5) is 5.69 Å². The van der Waals surface area contributed by atoms with Gasteiger partial charge < -0.3 is 10.1 Å². The van der Waals surface area contributed by atoms with Crippen LogP contribution in [0.3, 0.4) is 0 Å². The van der Waals surface area contributed by atoms with Crippen molar-refractivity contribution in [3.8, 4) is 0 Å². The summed E-state index contributed by atoms with van der Waals surface area (Å²) in [5.74, 6) is 0. The molecule has 1 aromatic carbocycles. The summed E-state index contributed by atoms with van der Waals surface area (Å²) in [6, 6.07) is 7.08. The third-order valence-corrected chi connectivity index (χ3v) is 2.79. The predicted molar refractivity (Wildman–Crippen MR) is 70.6 cm³/mol. The van der Waals surface area contributed by atoms with Crippen LogP contribution in [-0.4, -0.2) is 24.7 Å². The van der Waals surface area contributed by atoms with Gasteiger partial charge in [-0.1, -0.05) is 19.1 Å². The molecule has 2 unspecified atom stereocenters. The molecule has 0 bridgehead atoms. The van der Waals surface area contributed by atoms with Crippen molar-refractivity contribution >= 4 is 5.69 Å². The van der Waals surface area contributed by atoms with Crippen molar-refractivity contribution in [3.05, 3.63) is 39.9 Å². The van der Waals surface area contributed by atoms with E-state index in [1.54, 1.807) is 19.2 Å². The molecule has 0 aromatic heterocycles. The first-order valence-corrected chi connectivity index (χ1v) is 6.07. The fraction of sp³-hybridized carbons (Fsp3) is 0.538. The van der Waals surface area contributed by atoms with Crippen LogP contribution in [-0.2, 0) is 4.74 Å². The average Bonchev–Trinajstić information content (AvgIpc) is 2.36. The first-order valence-electron chi connectivity index (χ1n) is 6.07. The molecule has 0 spiro atoms. The molecule has 0 saturated carbocycles. The normalized spacial score (nSPS) is 14.2. The number of non-ortho nitro benzene ring substituents is 1. The van der Waals surface area contributed by atoms with Gasteiger partial charge in [0.15, 0.2) is 0 Å². The van der Waals surface area contributed by atoms with Gasteiger partial charge in [-0.05, 0) is 18.9 Å². The molecule has 0 radical (unpaired) electrons. The van der Waals surface area contributed by atoms with Gasteiger partial charge in [0.05, 0.1) is 11.5 Å². The Bertz CT molecular complexity index is 396. The van der Waals surface area contributed by atoms with Gasteiger partial charge in [0.1, 0.15) is 0 Å². The maximum Gasteiger partial charge on any atom is 0.269 e. The molecule has 0 aliphatic rings. The molecule has 1 rings (SSSR count). The second-order valence-electron chi connectivity index (χ2n) is 4.34. The van der Waals surface area contributed by atoms with E-state index < -0.39 is 0 Å². The topological polar surface area (TPSA) is 64.4 Å². The highest BCUT2D eigenvalue weighted by atomic mass is 16.6. The molecule has 100 valence electrons. The van der Waals surface area contributed by atoms with E-state index in [1.807, 2.05) is 13.0 Å². The zero-order chi connectivity index (χ0) is 13.5. The fourth-order valence-electron chi connectivity index (χ4n) is 1.95. The summed E-state index contributed by atoms with van der Waals surface area (Å²) in [6.07, 6.45) is 0.870. The fourth-order valence-corrected chi connectivity index (χ4v) is 1.95. The molecule has 0 fully saturated rings. The number of nitrogens with one attached hydrogen (secondary N) is 1. The average molecular weight is 252 g/mol. The lowest BCUT2D eigenvalue weighted by Gasteiger charge is -2.22. The van der Waals surface area contributed by atoms with Gasteiger partial charge in [-0.2, -0.15) is 0 Å². The first-order chi connectivity index (χ1) is 8.58. The highest BCUT2D eigenvalue weighted by molar-refractivity contribution is 5.35. The SMILES string of the molecule is CCC(NC(C)COC)c1cccc([N+](=O)[O-])c1. The Kier molecular flexibility index (Phi) is 5.74. The molecule has 0 saturated heterocycles. The summed E-state index contributed by atoms with van der Waals surface area (Å²) in [7, 11) is 1.66. The van der Waals surface area contributed by atoms with Crippen molar-refractivity contribution < 1.29 is 9.66 Å². The van der Waals surface area contributed by atoms with Crippen LogP contribution in [0.15, 0.2) is 24.3 Å². The molecule has 0 aliphatic carbocycles. The maximum atomic E-state index is 10.8. The maximum absolute atomic E-state index is 10.8. The van der Waals surface area contributed by atoms with Crippen LogP contribution in [0.2, 0.25) is 0 Å². The quantitative estimate of drug-likeness (QED) is 0.598. The Morgan fingerprint density at radius 2 is 2.22 bits per heavy atom. The zero-order valence-electron chi connectivity index (χ0n) is 11.1. The molecule has 2 atom stereocenters. The van der Waals surface area contributed by atoms with Gasteiger partial charge in [-0.25, -0.2) is 0 Å². The zero-order valence-corrected chi connectivity index (χ0v) is 11.1. The van der Waals surface area contributed by atoms with Crippen molar-refractivity contribution in [2.24, 2.45) is 0 Å². The monoisotopic (exact) mass is 252 g/mol. The Balaban J connectivity index is 2.81. The van der Waals surface area contributed by atoms with E-state index in [1.165, 1.54) is 6.07 Å². The van der Waals surface area contributed by atoms with E-state index in [4.69, 9.17) is 4.74 Å². The number of nitro groups is 1. The number of hydrogen-bond acceptors (Lipinski definition) is 4. The number of ether oxygens (including phenoxy) is 1. The van der Waals surface area contributed by atoms with Gasteiger partial charge in [-0.3, -0.25) is 10.1 Å². The van der Waals surface area contributed by atoms with E-state index in [2.05, 4.69) is 12.2 Å². The molecular weight excluding hydrogens is 232 g/mol. The van der Waals surface area contributed by atoms with Crippen LogP contribution >= 0.6 is 0 Å². The highest BCUT2D eigenvalue weighted by Crippen LogP contribution is 2.21.